The third kappa shape index (κ3) is 5.41. The largest absolute Gasteiger partial charge is 0.309 e. The van der Waals surface area contributed by atoms with Crippen LogP contribution in [0.4, 0.5) is 0 Å². The molecule has 11 aromatic rings. The van der Waals surface area contributed by atoms with Gasteiger partial charge in [0.25, 0.3) is 0 Å². The van der Waals surface area contributed by atoms with Crippen molar-refractivity contribution in [3.05, 3.63) is 205 Å². The molecule has 4 heteroatoms. The highest BCUT2D eigenvalue weighted by Gasteiger charge is 2.35. The Morgan fingerprint density at radius 1 is 0.350 bits per heavy atom. The molecule has 0 fully saturated rings. The van der Waals surface area contributed by atoms with Crippen molar-refractivity contribution in [1.82, 2.24) is 19.5 Å². The Labute approximate surface area is 348 Å². The average Bonchev–Trinajstić information content (AvgIpc) is 3.74. The van der Waals surface area contributed by atoms with E-state index in [1.54, 1.807) is 0 Å². The zero-order valence-corrected chi connectivity index (χ0v) is 33.3. The second kappa shape index (κ2) is 13.2. The fraction of sp³-hybridized carbons (Fsp3) is 0.0536. The van der Waals surface area contributed by atoms with Gasteiger partial charge in [0.2, 0.25) is 0 Å². The van der Waals surface area contributed by atoms with Crippen molar-refractivity contribution in [1.29, 1.82) is 0 Å². The number of hydrogen-bond acceptors (Lipinski definition) is 3. The van der Waals surface area contributed by atoms with Gasteiger partial charge in [-0.3, -0.25) is 0 Å². The van der Waals surface area contributed by atoms with E-state index in [-0.39, 0.29) is 5.41 Å². The SMILES string of the molecule is CC1(C)c2ccccc2-c2cc3cc4c(cc3cc21)c1cc(-c2ccc3ccccc3c2)ccc1n4-c1ccc(-c2nc(-c3ccccc3)nc(-c3ccccc3)n2)cc1. The molecule has 1 aliphatic rings. The van der Waals surface area contributed by atoms with E-state index >= 15 is 0 Å². The van der Waals surface area contributed by atoms with Crippen LogP contribution in [-0.4, -0.2) is 19.5 Å². The van der Waals surface area contributed by atoms with Gasteiger partial charge in [-0.1, -0.05) is 141 Å². The summed E-state index contributed by atoms with van der Waals surface area (Å²) >= 11 is 0. The maximum Gasteiger partial charge on any atom is 0.164 e. The Balaban J connectivity index is 1.05. The molecule has 12 rings (SSSR count). The third-order valence-corrected chi connectivity index (χ3v) is 12.6. The first-order valence-corrected chi connectivity index (χ1v) is 20.6. The van der Waals surface area contributed by atoms with Crippen molar-refractivity contribution >= 4 is 43.4 Å². The number of rotatable bonds is 5. The minimum atomic E-state index is -0.0731. The number of nitrogens with zero attached hydrogens (tertiary/aromatic N) is 4. The molecule has 0 amide bonds. The summed E-state index contributed by atoms with van der Waals surface area (Å²) in [5, 5.41) is 7.43. The molecule has 0 radical (unpaired) electrons. The van der Waals surface area contributed by atoms with E-state index < -0.39 is 0 Å². The molecule has 9 aromatic carbocycles. The van der Waals surface area contributed by atoms with Crippen molar-refractivity contribution < 1.29 is 0 Å². The molecule has 60 heavy (non-hydrogen) atoms. The van der Waals surface area contributed by atoms with Gasteiger partial charge in [0.15, 0.2) is 17.5 Å². The molecular weight excluding hydrogens is 729 g/mol. The predicted molar refractivity (Wildman–Crippen MR) is 248 cm³/mol. The first-order chi connectivity index (χ1) is 29.5. The molecule has 0 saturated heterocycles. The minimum absolute atomic E-state index is 0.0731. The van der Waals surface area contributed by atoms with Crippen LogP contribution in [0.15, 0.2) is 194 Å². The Hall–Kier alpha value is -7.69. The standard InChI is InChI=1S/C56H38N4/c1-56(2)49-20-12-11-19-45(49)46-31-43-34-52-48(32-42(43)33-50(46)56)47-30-41(40-22-21-35-13-9-10-18-39(35)29-40)25-28-51(47)60(52)44-26-23-38(24-27-44)55-58-53(36-14-5-3-6-15-36)57-54(59-55)37-16-7-4-8-17-37/h3-34H,1-2H3. The van der Waals surface area contributed by atoms with Gasteiger partial charge in [-0.05, 0) is 122 Å². The number of benzene rings is 9. The molecule has 0 aliphatic heterocycles. The summed E-state index contributed by atoms with van der Waals surface area (Å²) in [7, 11) is 0. The molecule has 0 N–H and O–H groups in total. The van der Waals surface area contributed by atoms with Crippen molar-refractivity contribution in [2.45, 2.75) is 19.3 Å². The lowest BCUT2D eigenvalue weighted by Gasteiger charge is -2.21. The van der Waals surface area contributed by atoms with E-state index in [2.05, 4.69) is 152 Å². The van der Waals surface area contributed by atoms with Crippen molar-refractivity contribution in [3.8, 4) is 62.1 Å². The van der Waals surface area contributed by atoms with E-state index in [0.29, 0.717) is 17.5 Å². The first kappa shape index (κ1) is 34.4. The van der Waals surface area contributed by atoms with Gasteiger partial charge in [-0.25, -0.2) is 15.0 Å². The molecule has 4 nitrogen and oxygen atoms in total. The monoisotopic (exact) mass is 766 g/mol. The van der Waals surface area contributed by atoms with Crippen LogP contribution in [0.5, 0.6) is 0 Å². The predicted octanol–water partition coefficient (Wildman–Crippen LogP) is 14.2. The molecule has 0 saturated carbocycles. The molecule has 0 spiro atoms. The lowest BCUT2D eigenvalue weighted by molar-refractivity contribution is 0.661. The highest BCUT2D eigenvalue weighted by molar-refractivity contribution is 6.15. The summed E-state index contributed by atoms with van der Waals surface area (Å²) in [5.74, 6) is 1.94. The van der Waals surface area contributed by atoms with Crippen LogP contribution in [0.25, 0.3) is 105 Å². The Bertz CT molecular complexity index is 3430. The summed E-state index contributed by atoms with van der Waals surface area (Å²) in [5.41, 5.74) is 14.0. The van der Waals surface area contributed by atoms with Crippen molar-refractivity contribution in [3.63, 3.8) is 0 Å². The van der Waals surface area contributed by atoms with Crippen LogP contribution in [0, 0.1) is 0 Å². The molecule has 0 bridgehead atoms. The zero-order valence-electron chi connectivity index (χ0n) is 33.3. The van der Waals surface area contributed by atoms with E-state index in [1.807, 2.05) is 60.7 Å². The Morgan fingerprint density at radius 3 is 1.62 bits per heavy atom. The first-order valence-electron chi connectivity index (χ1n) is 20.6. The summed E-state index contributed by atoms with van der Waals surface area (Å²) < 4.78 is 2.42. The van der Waals surface area contributed by atoms with Gasteiger partial charge in [0, 0.05) is 38.6 Å². The van der Waals surface area contributed by atoms with Crippen molar-refractivity contribution in [2.75, 3.05) is 0 Å². The van der Waals surface area contributed by atoms with E-state index in [9.17, 15) is 0 Å². The smallest absolute Gasteiger partial charge is 0.164 e. The number of hydrogen-bond donors (Lipinski definition) is 0. The summed E-state index contributed by atoms with van der Waals surface area (Å²) in [6.07, 6.45) is 0. The van der Waals surface area contributed by atoms with Crippen molar-refractivity contribution in [2.24, 2.45) is 0 Å². The maximum absolute atomic E-state index is 5.01. The van der Waals surface area contributed by atoms with Crippen LogP contribution < -0.4 is 0 Å². The minimum Gasteiger partial charge on any atom is -0.309 e. The molecular formula is C56H38N4. The van der Waals surface area contributed by atoms with Crippen LogP contribution in [0.2, 0.25) is 0 Å². The summed E-state index contributed by atoms with van der Waals surface area (Å²) in [6.45, 7) is 4.71. The summed E-state index contributed by atoms with van der Waals surface area (Å²) in [4.78, 5) is 14.9. The topological polar surface area (TPSA) is 43.6 Å². The second-order valence-electron chi connectivity index (χ2n) is 16.5. The molecule has 282 valence electrons. The highest BCUT2D eigenvalue weighted by atomic mass is 15.0. The fourth-order valence-electron chi connectivity index (χ4n) is 9.49. The number of aromatic nitrogens is 4. The van der Waals surface area contributed by atoms with Crippen LogP contribution >= 0.6 is 0 Å². The zero-order chi connectivity index (χ0) is 40.0. The van der Waals surface area contributed by atoms with Crippen LogP contribution in [-0.2, 0) is 5.41 Å². The Morgan fingerprint density at radius 2 is 0.900 bits per heavy atom. The molecule has 1 aliphatic carbocycles. The summed E-state index contributed by atoms with van der Waals surface area (Å²) in [6, 6.07) is 69.8. The van der Waals surface area contributed by atoms with Gasteiger partial charge in [0.05, 0.1) is 11.0 Å². The van der Waals surface area contributed by atoms with Gasteiger partial charge < -0.3 is 4.57 Å². The lowest BCUT2D eigenvalue weighted by atomic mass is 9.82. The van der Waals surface area contributed by atoms with Gasteiger partial charge in [0.1, 0.15) is 0 Å². The molecule has 2 aromatic heterocycles. The van der Waals surface area contributed by atoms with E-state index in [4.69, 9.17) is 15.0 Å². The van der Waals surface area contributed by atoms with Gasteiger partial charge >= 0.3 is 0 Å². The van der Waals surface area contributed by atoms with Gasteiger partial charge in [-0.15, -0.1) is 0 Å². The van der Waals surface area contributed by atoms with Crippen LogP contribution in [0.1, 0.15) is 25.0 Å². The van der Waals surface area contributed by atoms with E-state index in [0.717, 1.165) is 27.9 Å². The highest BCUT2D eigenvalue weighted by Crippen LogP contribution is 2.50. The van der Waals surface area contributed by atoms with Gasteiger partial charge in [-0.2, -0.15) is 0 Å². The molecule has 0 unspecified atom stereocenters. The molecule has 0 atom stereocenters. The normalized spacial score (nSPS) is 13.0. The third-order valence-electron chi connectivity index (χ3n) is 12.6. The Kier molecular flexibility index (Phi) is 7.54. The molecule has 2 heterocycles. The number of fused-ring (bicyclic) bond motifs is 8. The van der Waals surface area contributed by atoms with E-state index in [1.165, 1.54) is 71.2 Å². The van der Waals surface area contributed by atoms with Crippen LogP contribution in [0.3, 0.4) is 0 Å². The maximum atomic E-state index is 5.01. The lowest BCUT2D eigenvalue weighted by Crippen LogP contribution is -2.14. The second-order valence-corrected chi connectivity index (χ2v) is 16.5. The average molecular weight is 767 g/mol. The quantitative estimate of drug-likeness (QED) is 0.175. The fourth-order valence-corrected chi connectivity index (χ4v) is 9.49.